The highest BCUT2D eigenvalue weighted by Crippen LogP contribution is 2.34. The van der Waals surface area contributed by atoms with Crippen molar-refractivity contribution in [1.82, 2.24) is 0 Å². The van der Waals surface area contributed by atoms with Crippen molar-refractivity contribution in [3.8, 4) is 5.75 Å². The zero-order valence-electron chi connectivity index (χ0n) is 10.4. The zero-order chi connectivity index (χ0) is 11.9. The van der Waals surface area contributed by atoms with E-state index in [0.29, 0.717) is 23.7 Å². The molecule has 2 rings (SSSR count). The fourth-order valence-electron chi connectivity index (χ4n) is 1.99. The molecule has 0 saturated carbocycles. The number of rotatable bonds is 2. The molecule has 0 spiro atoms. The Labute approximate surface area is 91.7 Å². The molecule has 0 radical (unpaired) electrons. The summed E-state index contributed by atoms with van der Waals surface area (Å²) in [5.74, 6) is 0.857. The van der Waals surface area contributed by atoms with Gasteiger partial charge in [-0.3, -0.25) is 0 Å². The molecular formula is C13H17FO. The Morgan fingerprint density at radius 1 is 1.60 bits per heavy atom. The van der Waals surface area contributed by atoms with Crippen LogP contribution in [0.5, 0.6) is 5.75 Å². The van der Waals surface area contributed by atoms with Crippen LogP contribution in [-0.4, -0.2) is 6.10 Å². The van der Waals surface area contributed by atoms with Gasteiger partial charge >= 0.3 is 0 Å². The molecule has 0 bridgehead atoms. The Kier molecular flexibility index (Phi) is 2.35. The van der Waals surface area contributed by atoms with Crippen LogP contribution in [0.25, 0.3) is 0 Å². The molecule has 1 aliphatic rings. The van der Waals surface area contributed by atoms with E-state index in [1.54, 1.807) is 6.07 Å². The Hall–Kier alpha value is -1.05. The van der Waals surface area contributed by atoms with E-state index in [2.05, 4.69) is 13.8 Å². The number of fused-ring (bicyclic) bond motifs is 1. The van der Waals surface area contributed by atoms with Crippen LogP contribution in [0.3, 0.4) is 0 Å². The molecule has 1 nitrogen and oxygen atoms in total. The van der Waals surface area contributed by atoms with Gasteiger partial charge < -0.3 is 4.74 Å². The summed E-state index contributed by atoms with van der Waals surface area (Å²) in [6.07, 6.45) is 0.0302. The van der Waals surface area contributed by atoms with E-state index in [-0.39, 0.29) is 11.9 Å². The molecule has 0 aromatic heterocycles. The summed E-state index contributed by atoms with van der Waals surface area (Å²) in [7, 11) is 0. The maximum Gasteiger partial charge on any atom is 0.126 e. The highest BCUT2D eigenvalue weighted by molar-refractivity contribution is 5.44. The molecule has 0 fully saturated rings. The maximum absolute atomic E-state index is 13.8. The summed E-state index contributed by atoms with van der Waals surface area (Å²) in [6, 6.07) is 3.08. The molecular weight excluding hydrogens is 191 g/mol. The molecule has 0 N–H and O–H groups in total. The predicted octanol–water partition coefficient (Wildman–Crippen LogP) is 3.35. The second kappa shape index (κ2) is 3.84. The Balaban J connectivity index is 2.48. The van der Waals surface area contributed by atoms with E-state index in [4.69, 9.17) is 6.11 Å². The molecule has 15 heavy (non-hydrogen) atoms. The summed E-state index contributed by atoms with van der Waals surface area (Å²) in [5.41, 5.74) is 1.41. The maximum atomic E-state index is 13.8. The van der Waals surface area contributed by atoms with Gasteiger partial charge in [-0.2, -0.15) is 0 Å². The van der Waals surface area contributed by atoms with Gasteiger partial charge in [0.2, 0.25) is 0 Å². The molecule has 1 aromatic carbocycles. The van der Waals surface area contributed by atoms with Crippen LogP contribution in [0.15, 0.2) is 12.1 Å². The standard InChI is InChI=1S/C13H17FO/c1-8(2)6-10-11-7-9(3)15-13(11)5-4-12(10)14/h4-5,8-9H,6-7H2,1-3H3/i7D. The lowest BCUT2D eigenvalue weighted by Crippen LogP contribution is -2.06. The fraction of sp³-hybridized carbons (Fsp3) is 0.538. The van der Waals surface area contributed by atoms with Gasteiger partial charge in [-0.15, -0.1) is 0 Å². The van der Waals surface area contributed by atoms with Crippen molar-refractivity contribution in [3.63, 3.8) is 0 Å². The summed E-state index contributed by atoms with van der Waals surface area (Å²) in [6.45, 7) is 5.96. The van der Waals surface area contributed by atoms with Gasteiger partial charge in [-0.05, 0) is 37.0 Å². The van der Waals surface area contributed by atoms with E-state index in [1.807, 2.05) is 6.92 Å². The first-order chi connectivity index (χ1) is 7.50. The van der Waals surface area contributed by atoms with Crippen molar-refractivity contribution in [3.05, 3.63) is 29.1 Å². The number of benzene rings is 1. The molecule has 1 heterocycles. The van der Waals surface area contributed by atoms with E-state index in [0.717, 1.165) is 5.56 Å². The normalized spacial score (nSPS) is 25.0. The molecule has 82 valence electrons. The minimum atomic E-state index is -0.459. The molecule has 2 unspecified atom stereocenters. The van der Waals surface area contributed by atoms with Gasteiger partial charge in [0.1, 0.15) is 17.7 Å². The van der Waals surface area contributed by atoms with Gasteiger partial charge in [0.25, 0.3) is 0 Å². The molecule has 1 aromatic rings. The Bertz CT molecular complexity index is 403. The quantitative estimate of drug-likeness (QED) is 0.725. The third kappa shape index (κ3) is 1.99. The molecule has 2 heteroatoms. The molecule has 0 saturated heterocycles. The van der Waals surface area contributed by atoms with Crippen molar-refractivity contribution in [1.29, 1.82) is 0 Å². The van der Waals surface area contributed by atoms with Gasteiger partial charge in [0.05, 0.1) is 0 Å². The third-order valence-electron chi connectivity index (χ3n) is 2.59. The van der Waals surface area contributed by atoms with Crippen molar-refractivity contribution < 1.29 is 10.5 Å². The minimum Gasteiger partial charge on any atom is -0.490 e. The Morgan fingerprint density at radius 2 is 2.33 bits per heavy atom. The van der Waals surface area contributed by atoms with Crippen LogP contribution in [0.4, 0.5) is 4.39 Å². The van der Waals surface area contributed by atoms with Crippen LogP contribution >= 0.6 is 0 Å². The molecule has 0 aliphatic carbocycles. The molecule has 2 atom stereocenters. The van der Waals surface area contributed by atoms with E-state index >= 15 is 0 Å². The zero-order valence-corrected chi connectivity index (χ0v) is 9.38. The number of hydrogen-bond donors (Lipinski definition) is 0. The average Bonchev–Trinajstić information content (AvgIpc) is 2.48. The van der Waals surface area contributed by atoms with Crippen LogP contribution in [-0.2, 0) is 12.8 Å². The Morgan fingerprint density at radius 3 is 3.00 bits per heavy atom. The summed E-state index contributed by atoms with van der Waals surface area (Å²) >= 11 is 0. The molecule has 1 aliphatic heterocycles. The van der Waals surface area contributed by atoms with Crippen LogP contribution < -0.4 is 4.74 Å². The first-order valence-electron chi connectivity index (χ1n) is 5.98. The van der Waals surface area contributed by atoms with Gasteiger partial charge in [-0.1, -0.05) is 13.8 Å². The van der Waals surface area contributed by atoms with E-state index < -0.39 is 6.40 Å². The first kappa shape index (κ1) is 9.20. The number of halogens is 1. The van der Waals surface area contributed by atoms with E-state index in [9.17, 15) is 4.39 Å². The second-order valence-corrected chi connectivity index (χ2v) is 4.53. The number of hydrogen-bond acceptors (Lipinski definition) is 1. The third-order valence-corrected chi connectivity index (χ3v) is 2.59. The van der Waals surface area contributed by atoms with Crippen LogP contribution in [0, 0.1) is 11.7 Å². The monoisotopic (exact) mass is 209 g/mol. The highest BCUT2D eigenvalue weighted by atomic mass is 19.1. The summed E-state index contributed by atoms with van der Waals surface area (Å²) in [5, 5.41) is 0. The smallest absolute Gasteiger partial charge is 0.126 e. The minimum absolute atomic E-state index is 0.178. The largest absolute Gasteiger partial charge is 0.490 e. The van der Waals surface area contributed by atoms with Gasteiger partial charge in [-0.25, -0.2) is 4.39 Å². The van der Waals surface area contributed by atoms with Crippen molar-refractivity contribution in [2.75, 3.05) is 0 Å². The number of ether oxygens (including phenoxy) is 1. The average molecular weight is 209 g/mol. The lowest BCUT2D eigenvalue weighted by Gasteiger charge is -2.10. The molecule has 0 amide bonds. The topological polar surface area (TPSA) is 9.23 Å². The fourth-order valence-corrected chi connectivity index (χ4v) is 1.99. The van der Waals surface area contributed by atoms with Crippen molar-refractivity contribution in [2.24, 2.45) is 5.92 Å². The van der Waals surface area contributed by atoms with Crippen molar-refractivity contribution >= 4 is 0 Å². The van der Waals surface area contributed by atoms with Crippen LogP contribution in [0.2, 0.25) is 0 Å². The lowest BCUT2D eigenvalue weighted by molar-refractivity contribution is 0.254. The summed E-state index contributed by atoms with van der Waals surface area (Å²) < 4.78 is 27.3. The van der Waals surface area contributed by atoms with Gasteiger partial charge in [0.15, 0.2) is 0 Å². The van der Waals surface area contributed by atoms with E-state index in [1.165, 1.54) is 6.07 Å². The van der Waals surface area contributed by atoms with Gasteiger partial charge in [0, 0.05) is 13.3 Å². The van der Waals surface area contributed by atoms with Crippen LogP contribution in [0.1, 0.15) is 33.3 Å². The predicted molar refractivity (Wildman–Crippen MR) is 58.7 cm³/mol. The second-order valence-electron chi connectivity index (χ2n) is 4.53. The van der Waals surface area contributed by atoms with Crippen molar-refractivity contribution in [2.45, 2.75) is 39.7 Å². The lowest BCUT2D eigenvalue weighted by atomic mass is 9.95. The summed E-state index contributed by atoms with van der Waals surface area (Å²) in [4.78, 5) is 0. The highest BCUT2D eigenvalue weighted by Gasteiger charge is 2.24. The SMILES string of the molecule is [2H]C1c2c(ccc(F)c2CC(C)C)OC1C. The first-order valence-corrected chi connectivity index (χ1v) is 5.41.